The van der Waals surface area contributed by atoms with Crippen molar-refractivity contribution in [2.45, 2.75) is 59.0 Å². The van der Waals surface area contributed by atoms with Crippen molar-refractivity contribution >= 4 is 11.9 Å². The van der Waals surface area contributed by atoms with Gasteiger partial charge in [-0.25, -0.2) is 0 Å². The molecule has 0 saturated heterocycles. The van der Waals surface area contributed by atoms with Gasteiger partial charge in [0.2, 0.25) is 5.91 Å². The molecule has 0 spiro atoms. The molecular formula is C12H24N2O3. The highest BCUT2D eigenvalue weighted by Gasteiger charge is 2.28. The fraction of sp³-hybridized carbons (Fsp3) is 0.833. The van der Waals surface area contributed by atoms with Crippen LogP contribution < -0.4 is 11.1 Å². The van der Waals surface area contributed by atoms with Crippen LogP contribution in [0.4, 0.5) is 0 Å². The molecule has 0 aliphatic carbocycles. The largest absolute Gasteiger partial charge is 0.481 e. The highest BCUT2D eigenvalue weighted by Crippen LogP contribution is 2.22. The lowest BCUT2D eigenvalue weighted by molar-refractivity contribution is -0.138. The van der Waals surface area contributed by atoms with Crippen LogP contribution in [0.2, 0.25) is 0 Å². The molecule has 2 atom stereocenters. The van der Waals surface area contributed by atoms with Crippen molar-refractivity contribution in [3.8, 4) is 0 Å². The van der Waals surface area contributed by atoms with Crippen LogP contribution in [-0.2, 0) is 9.59 Å². The van der Waals surface area contributed by atoms with Crippen LogP contribution in [0.5, 0.6) is 0 Å². The van der Waals surface area contributed by atoms with E-state index in [-0.39, 0.29) is 29.8 Å². The summed E-state index contributed by atoms with van der Waals surface area (Å²) in [5, 5.41) is 11.6. The van der Waals surface area contributed by atoms with Gasteiger partial charge in [-0.05, 0) is 18.8 Å². The first-order valence-electron chi connectivity index (χ1n) is 5.89. The molecule has 0 aliphatic rings. The van der Waals surface area contributed by atoms with Gasteiger partial charge in [0.15, 0.2) is 0 Å². The Bertz CT molecular complexity index is 269. The molecule has 0 aromatic heterocycles. The third kappa shape index (κ3) is 7.74. The van der Waals surface area contributed by atoms with E-state index < -0.39 is 5.97 Å². The number of carbonyl (C=O) groups is 2. The molecule has 0 aliphatic heterocycles. The average Bonchev–Trinajstić information content (AvgIpc) is 2.11. The molecule has 2 unspecified atom stereocenters. The smallest absolute Gasteiger partial charge is 0.305 e. The molecule has 0 heterocycles. The average molecular weight is 244 g/mol. The van der Waals surface area contributed by atoms with Gasteiger partial charge in [-0.15, -0.1) is 0 Å². The van der Waals surface area contributed by atoms with Crippen molar-refractivity contribution in [1.82, 2.24) is 5.32 Å². The van der Waals surface area contributed by atoms with Crippen LogP contribution >= 0.6 is 0 Å². The highest BCUT2D eigenvalue weighted by atomic mass is 16.4. The Morgan fingerprint density at radius 1 is 1.35 bits per heavy atom. The van der Waals surface area contributed by atoms with E-state index in [1.807, 2.05) is 27.7 Å². The lowest BCUT2D eigenvalue weighted by Crippen LogP contribution is -2.45. The standard InChI is InChI=1S/C12H24N2O3/c1-8(13)5-6-10(15)14-9(7-11(16)17)12(2,3)4/h8-9H,5-7,13H2,1-4H3,(H,14,15)(H,16,17). The predicted molar refractivity (Wildman–Crippen MR) is 66.5 cm³/mol. The molecule has 0 aromatic rings. The van der Waals surface area contributed by atoms with E-state index in [1.165, 1.54) is 0 Å². The van der Waals surface area contributed by atoms with Crippen LogP contribution in [-0.4, -0.2) is 29.1 Å². The zero-order valence-electron chi connectivity index (χ0n) is 11.1. The first kappa shape index (κ1) is 15.9. The molecule has 0 bridgehead atoms. The molecule has 0 radical (unpaired) electrons. The van der Waals surface area contributed by atoms with Gasteiger partial charge in [0, 0.05) is 18.5 Å². The SMILES string of the molecule is CC(N)CCC(=O)NC(CC(=O)O)C(C)(C)C. The fourth-order valence-electron chi connectivity index (χ4n) is 1.37. The number of amides is 1. The lowest BCUT2D eigenvalue weighted by Gasteiger charge is -2.30. The number of rotatable bonds is 6. The Balaban J connectivity index is 4.34. The number of carbonyl (C=O) groups excluding carboxylic acids is 1. The summed E-state index contributed by atoms with van der Waals surface area (Å²) in [6.07, 6.45) is 0.882. The third-order valence-electron chi connectivity index (χ3n) is 2.59. The number of hydrogen-bond donors (Lipinski definition) is 3. The molecule has 1 amide bonds. The summed E-state index contributed by atoms with van der Waals surface area (Å²) in [4.78, 5) is 22.4. The maximum atomic E-state index is 11.6. The molecule has 17 heavy (non-hydrogen) atoms. The van der Waals surface area contributed by atoms with E-state index >= 15 is 0 Å². The zero-order chi connectivity index (χ0) is 13.6. The van der Waals surface area contributed by atoms with Gasteiger partial charge in [0.05, 0.1) is 6.42 Å². The summed E-state index contributed by atoms with van der Waals surface area (Å²) in [5.41, 5.74) is 5.29. The maximum absolute atomic E-state index is 11.6. The maximum Gasteiger partial charge on any atom is 0.305 e. The minimum absolute atomic E-state index is 0.0201. The van der Waals surface area contributed by atoms with E-state index in [1.54, 1.807) is 0 Å². The highest BCUT2D eigenvalue weighted by molar-refractivity contribution is 5.77. The van der Waals surface area contributed by atoms with Gasteiger partial charge >= 0.3 is 5.97 Å². The fourth-order valence-corrected chi connectivity index (χ4v) is 1.37. The summed E-state index contributed by atoms with van der Waals surface area (Å²) >= 11 is 0. The van der Waals surface area contributed by atoms with Gasteiger partial charge in [-0.3, -0.25) is 9.59 Å². The molecule has 100 valence electrons. The third-order valence-corrected chi connectivity index (χ3v) is 2.59. The molecule has 0 saturated carbocycles. The minimum Gasteiger partial charge on any atom is -0.481 e. The first-order chi connectivity index (χ1) is 7.62. The molecular weight excluding hydrogens is 220 g/mol. The van der Waals surface area contributed by atoms with Crippen molar-refractivity contribution in [2.75, 3.05) is 0 Å². The van der Waals surface area contributed by atoms with Crippen molar-refractivity contribution < 1.29 is 14.7 Å². The number of carboxylic acid groups (broad SMARTS) is 1. The monoisotopic (exact) mass is 244 g/mol. The van der Waals surface area contributed by atoms with E-state index in [0.717, 1.165) is 0 Å². The van der Waals surface area contributed by atoms with Crippen LogP contribution in [0.15, 0.2) is 0 Å². The summed E-state index contributed by atoms with van der Waals surface area (Å²) in [6, 6.07) is -0.381. The predicted octanol–water partition coefficient (Wildman–Crippen LogP) is 1.12. The van der Waals surface area contributed by atoms with E-state index in [2.05, 4.69) is 5.32 Å². The molecule has 5 nitrogen and oxygen atoms in total. The number of nitrogens with one attached hydrogen (secondary N) is 1. The Morgan fingerprint density at radius 3 is 2.24 bits per heavy atom. The first-order valence-corrected chi connectivity index (χ1v) is 5.89. The van der Waals surface area contributed by atoms with Crippen molar-refractivity contribution in [3.63, 3.8) is 0 Å². The van der Waals surface area contributed by atoms with E-state index in [4.69, 9.17) is 10.8 Å². The van der Waals surface area contributed by atoms with E-state index in [0.29, 0.717) is 12.8 Å². The van der Waals surface area contributed by atoms with Gasteiger partial charge < -0.3 is 16.2 Å². The minimum atomic E-state index is -0.905. The van der Waals surface area contributed by atoms with E-state index in [9.17, 15) is 9.59 Å². The Kier molecular flexibility index (Phi) is 6.16. The summed E-state index contributed by atoms with van der Waals surface area (Å²) < 4.78 is 0. The normalized spacial score (nSPS) is 15.1. The molecule has 4 N–H and O–H groups in total. The molecule has 0 fully saturated rings. The number of hydrogen-bond acceptors (Lipinski definition) is 3. The Morgan fingerprint density at radius 2 is 1.88 bits per heavy atom. The molecule has 5 heteroatoms. The zero-order valence-corrected chi connectivity index (χ0v) is 11.1. The van der Waals surface area contributed by atoms with Crippen molar-refractivity contribution in [1.29, 1.82) is 0 Å². The van der Waals surface area contributed by atoms with Crippen LogP contribution in [0.1, 0.15) is 47.0 Å². The van der Waals surface area contributed by atoms with Crippen LogP contribution in [0.3, 0.4) is 0 Å². The number of carboxylic acids is 1. The second-order valence-corrected chi connectivity index (χ2v) is 5.60. The second-order valence-electron chi connectivity index (χ2n) is 5.60. The Labute approximate surface area is 103 Å². The quantitative estimate of drug-likeness (QED) is 0.652. The topological polar surface area (TPSA) is 92.4 Å². The number of nitrogens with two attached hydrogens (primary N) is 1. The van der Waals surface area contributed by atoms with Crippen molar-refractivity contribution in [2.24, 2.45) is 11.1 Å². The molecule has 0 aromatic carbocycles. The van der Waals surface area contributed by atoms with Crippen LogP contribution in [0.25, 0.3) is 0 Å². The summed E-state index contributed by atoms with van der Waals surface area (Å²) in [5.74, 6) is -1.04. The van der Waals surface area contributed by atoms with Gasteiger partial charge in [0.1, 0.15) is 0 Å². The Hall–Kier alpha value is -1.10. The summed E-state index contributed by atoms with van der Waals surface area (Å²) in [7, 11) is 0. The van der Waals surface area contributed by atoms with Crippen molar-refractivity contribution in [3.05, 3.63) is 0 Å². The number of aliphatic carboxylic acids is 1. The van der Waals surface area contributed by atoms with Gasteiger partial charge in [-0.1, -0.05) is 20.8 Å². The second kappa shape index (κ2) is 6.59. The van der Waals surface area contributed by atoms with Gasteiger partial charge in [-0.2, -0.15) is 0 Å². The summed E-state index contributed by atoms with van der Waals surface area (Å²) in [6.45, 7) is 7.57. The van der Waals surface area contributed by atoms with Crippen LogP contribution in [0, 0.1) is 5.41 Å². The van der Waals surface area contributed by atoms with Gasteiger partial charge in [0.25, 0.3) is 0 Å². The lowest BCUT2D eigenvalue weighted by atomic mass is 9.84. The molecule has 0 rings (SSSR count).